The summed E-state index contributed by atoms with van der Waals surface area (Å²) in [6, 6.07) is 58.5. The normalized spacial score (nSPS) is 14.8. The molecule has 0 saturated carbocycles. The molecule has 6 nitrogen and oxygen atoms in total. The van der Waals surface area contributed by atoms with Gasteiger partial charge in [-0.2, -0.15) is 9.97 Å². The van der Waals surface area contributed by atoms with E-state index in [-0.39, 0.29) is 10.8 Å². The number of fused-ring (bicyclic) bond motifs is 11. The smallest absolute Gasteiger partial charge is 0.238 e. The number of para-hydroxylation sites is 4. The van der Waals surface area contributed by atoms with Crippen molar-refractivity contribution in [1.82, 2.24) is 24.1 Å². The first-order valence-electron chi connectivity index (χ1n) is 22.0. The van der Waals surface area contributed by atoms with Gasteiger partial charge in [-0.25, -0.2) is 4.98 Å². The summed E-state index contributed by atoms with van der Waals surface area (Å²) in [5, 5.41) is 9.02. The Kier molecular flexibility index (Phi) is 7.44. The van der Waals surface area contributed by atoms with Crippen molar-refractivity contribution in [1.29, 1.82) is 0 Å². The SMILES string of the molecule is CC1(C)CCC(C)(C)c2cc3c(cc21)c1cc2c(cc1n3-c1nc(-c3cccc4ccccc34)nc(-c3cccc4c3oc3ccccc34)n1)c1ccccc1n2-c1ccccc1. The Morgan fingerprint density at radius 2 is 0.984 bits per heavy atom. The maximum atomic E-state index is 6.65. The average molecular weight is 814 g/mol. The Balaban J connectivity index is 1.19. The third-order valence-electron chi connectivity index (χ3n) is 14.0. The van der Waals surface area contributed by atoms with Crippen LogP contribution in [-0.2, 0) is 10.8 Å². The van der Waals surface area contributed by atoms with E-state index in [0.29, 0.717) is 17.6 Å². The molecular formula is C57H43N5O. The number of rotatable bonds is 4. The molecule has 4 aromatic heterocycles. The zero-order valence-electron chi connectivity index (χ0n) is 35.6. The van der Waals surface area contributed by atoms with Crippen molar-refractivity contribution in [2.75, 3.05) is 0 Å². The highest BCUT2D eigenvalue weighted by atomic mass is 16.3. The monoisotopic (exact) mass is 813 g/mol. The second-order valence-electron chi connectivity index (χ2n) is 18.7. The summed E-state index contributed by atoms with van der Waals surface area (Å²) in [5.41, 5.74) is 11.8. The molecule has 0 N–H and O–H groups in total. The van der Waals surface area contributed by atoms with Crippen molar-refractivity contribution in [2.45, 2.75) is 51.4 Å². The molecule has 0 aliphatic heterocycles. The molecule has 6 heteroatoms. The lowest BCUT2D eigenvalue weighted by atomic mass is 9.63. The number of nitrogens with zero attached hydrogens (tertiary/aromatic N) is 5. The molecule has 12 aromatic rings. The summed E-state index contributed by atoms with van der Waals surface area (Å²) in [6.45, 7) is 9.61. The van der Waals surface area contributed by atoms with E-state index in [2.05, 4.69) is 188 Å². The van der Waals surface area contributed by atoms with Crippen LogP contribution < -0.4 is 0 Å². The Hall–Kier alpha value is -7.57. The summed E-state index contributed by atoms with van der Waals surface area (Å²) >= 11 is 0. The maximum Gasteiger partial charge on any atom is 0.238 e. The third-order valence-corrected chi connectivity index (χ3v) is 14.0. The second kappa shape index (κ2) is 13.0. The Labute approximate surface area is 364 Å². The molecule has 0 unspecified atom stereocenters. The summed E-state index contributed by atoms with van der Waals surface area (Å²) in [7, 11) is 0. The van der Waals surface area contributed by atoms with E-state index < -0.39 is 0 Å². The largest absolute Gasteiger partial charge is 0.455 e. The van der Waals surface area contributed by atoms with Crippen LogP contribution in [0.2, 0.25) is 0 Å². The first kappa shape index (κ1) is 36.1. The first-order valence-corrected chi connectivity index (χ1v) is 22.0. The quantitative estimate of drug-likeness (QED) is 0.178. The van der Waals surface area contributed by atoms with Crippen molar-refractivity contribution < 1.29 is 4.42 Å². The lowest BCUT2D eigenvalue weighted by Crippen LogP contribution is -2.33. The molecule has 0 saturated heterocycles. The fourth-order valence-corrected chi connectivity index (χ4v) is 10.7. The fraction of sp³-hybridized carbons (Fsp3) is 0.140. The van der Waals surface area contributed by atoms with Crippen LogP contribution in [0, 0.1) is 0 Å². The van der Waals surface area contributed by atoms with E-state index in [1.54, 1.807) is 0 Å². The minimum atomic E-state index is -0.0134. The molecule has 1 aliphatic carbocycles. The molecule has 0 bridgehead atoms. The third kappa shape index (κ3) is 5.27. The predicted octanol–water partition coefficient (Wildman–Crippen LogP) is 14.8. The van der Waals surface area contributed by atoms with Gasteiger partial charge in [0.1, 0.15) is 11.2 Å². The van der Waals surface area contributed by atoms with E-state index in [4.69, 9.17) is 19.4 Å². The van der Waals surface area contributed by atoms with Gasteiger partial charge < -0.3 is 8.98 Å². The molecule has 63 heavy (non-hydrogen) atoms. The minimum Gasteiger partial charge on any atom is -0.455 e. The van der Waals surface area contributed by atoms with E-state index in [1.807, 2.05) is 12.1 Å². The van der Waals surface area contributed by atoms with Gasteiger partial charge in [0.05, 0.1) is 27.6 Å². The van der Waals surface area contributed by atoms with Crippen LogP contribution in [0.1, 0.15) is 51.7 Å². The zero-order chi connectivity index (χ0) is 42.2. The van der Waals surface area contributed by atoms with Crippen molar-refractivity contribution in [3.05, 3.63) is 175 Å². The molecule has 0 radical (unpaired) electrons. The van der Waals surface area contributed by atoms with Gasteiger partial charge in [0, 0.05) is 43.6 Å². The Morgan fingerprint density at radius 3 is 1.79 bits per heavy atom. The van der Waals surface area contributed by atoms with Crippen LogP contribution in [0.4, 0.5) is 0 Å². The molecule has 0 spiro atoms. The van der Waals surface area contributed by atoms with Gasteiger partial charge in [-0.05, 0) is 100 Å². The van der Waals surface area contributed by atoms with Gasteiger partial charge in [0.15, 0.2) is 11.6 Å². The van der Waals surface area contributed by atoms with Crippen LogP contribution in [0.3, 0.4) is 0 Å². The van der Waals surface area contributed by atoms with Gasteiger partial charge in [-0.15, -0.1) is 0 Å². The van der Waals surface area contributed by atoms with Crippen molar-refractivity contribution in [3.8, 4) is 34.4 Å². The van der Waals surface area contributed by atoms with Gasteiger partial charge in [-0.3, -0.25) is 4.57 Å². The Bertz CT molecular complexity index is 3860. The fourth-order valence-electron chi connectivity index (χ4n) is 10.7. The van der Waals surface area contributed by atoms with Gasteiger partial charge in [0.2, 0.25) is 5.95 Å². The summed E-state index contributed by atoms with van der Waals surface area (Å²) in [6.07, 6.45) is 2.24. The van der Waals surface area contributed by atoms with E-state index >= 15 is 0 Å². The van der Waals surface area contributed by atoms with Crippen LogP contribution in [-0.4, -0.2) is 24.1 Å². The number of furan rings is 1. The standard InChI is InChI=1S/C57H43N5O/c1-56(2)28-29-57(3,4)46-33-50-42(30-45(46)56)44-32-48-43(37-21-10-12-26-47(37)61(48)35-18-6-5-7-19-35)31-49(44)62(50)55-59-53(40-24-14-17-34-16-8-9-20-36(34)40)58-54(60-55)41-25-15-23-39-38-22-11-13-27-51(38)63-52(39)41/h5-27,30-33H,28-29H2,1-4H3. The molecule has 0 atom stereocenters. The van der Waals surface area contributed by atoms with Crippen molar-refractivity contribution >= 4 is 76.3 Å². The maximum absolute atomic E-state index is 6.65. The molecule has 8 aromatic carbocycles. The first-order chi connectivity index (χ1) is 30.7. The predicted molar refractivity (Wildman–Crippen MR) is 259 cm³/mol. The van der Waals surface area contributed by atoms with Crippen LogP contribution in [0.15, 0.2) is 168 Å². The molecular weight excluding hydrogens is 771 g/mol. The molecule has 0 amide bonds. The highest BCUT2D eigenvalue weighted by Crippen LogP contribution is 2.49. The minimum absolute atomic E-state index is 0.0134. The van der Waals surface area contributed by atoms with E-state index in [1.165, 1.54) is 32.8 Å². The molecule has 1 aliphatic rings. The number of benzene rings is 8. The lowest BCUT2D eigenvalue weighted by molar-refractivity contribution is 0.332. The van der Waals surface area contributed by atoms with E-state index in [9.17, 15) is 0 Å². The number of hydrogen-bond acceptors (Lipinski definition) is 4. The average Bonchev–Trinajstić information content (AvgIpc) is 3.96. The van der Waals surface area contributed by atoms with E-state index in [0.717, 1.165) is 84.3 Å². The van der Waals surface area contributed by atoms with Crippen LogP contribution in [0.25, 0.3) is 111 Å². The highest BCUT2D eigenvalue weighted by Gasteiger charge is 2.38. The summed E-state index contributed by atoms with van der Waals surface area (Å²) < 4.78 is 11.4. The van der Waals surface area contributed by atoms with Crippen LogP contribution in [0.5, 0.6) is 0 Å². The second-order valence-corrected chi connectivity index (χ2v) is 18.7. The molecule has 302 valence electrons. The summed E-state index contributed by atoms with van der Waals surface area (Å²) in [5.74, 6) is 1.73. The molecule has 0 fully saturated rings. The van der Waals surface area contributed by atoms with Gasteiger partial charge in [-0.1, -0.05) is 137 Å². The van der Waals surface area contributed by atoms with Gasteiger partial charge >= 0.3 is 0 Å². The molecule has 4 heterocycles. The van der Waals surface area contributed by atoms with Gasteiger partial charge in [0.25, 0.3) is 0 Å². The number of aromatic nitrogens is 5. The van der Waals surface area contributed by atoms with Crippen molar-refractivity contribution in [3.63, 3.8) is 0 Å². The topological polar surface area (TPSA) is 61.7 Å². The Morgan fingerprint density at radius 1 is 0.429 bits per heavy atom. The number of hydrogen-bond donors (Lipinski definition) is 0. The van der Waals surface area contributed by atoms with Crippen LogP contribution >= 0.6 is 0 Å². The zero-order valence-corrected chi connectivity index (χ0v) is 35.6. The molecule has 13 rings (SSSR count). The highest BCUT2D eigenvalue weighted by molar-refractivity contribution is 6.19. The summed E-state index contributed by atoms with van der Waals surface area (Å²) in [4.78, 5) is 16.4. The lowest BCUT2D eigenvalue weighted by Gasteiger charge is -2.42. The van der Waals surface area contributed by atoms with Crippen molar-refractivity contribution in [2.24, 2.45) is 0 Å².